The van der Waals surface area contributed by atoms with Crippen molar-refractivity contribution in [2.45, 2.75) is 32.1 Å². The van der Waals surface area contributed by atoms with E-state index < -0.39 is 0 Å². The van der Waals surface area contributed by atoms with Crippen LogP contribution in [0.2, 0.25) is 0 Å². The minimum Gasteiger partial charge on any atom is -0.349 e. The Morgan fingerprint density at radius 1 is 1.32 bits per heavy atom. The van der Waals surface area contributed by atoms with E-state index >= 15 is 0 Å². The van der Waals surface area contributed by atoms with Gasteiger partial charge >= 0.3 is 0 Å². The van der Waals surface area contributed by atoms with E-state index in [4.69, 9.17) is 0 Å². The molecule has 1 saturated heterocycles. The van der Waals surface area contributed by atoms with Crippen LogP contribution in [0.1, 0.15) is 42.6 Å². The van der Waals surface area contributed by atoms with Crippen LogP contribution in [0.5, 0.6) is 0 Å². The molecule has 7 heteroatoms. The molecule has 2 aliphatic rings. The highest BCUT2D eigenvalue weighted by atomic mass is 32.1. The molecule has 1 saturated carbocycles. The first-order valence-corrected chi connectivity index (χ1v) is 8.62. The van der Waals surface area contributed by atoms with Crippen molar-refractivity contribution >= 4 is 23.3 Å². The fourth-order valence-electron chi connectivity index (χ4n) is 3.84. The van der Waals surface area contributed by atoms with E-state index in [1.165, 1.54) is 11.5 Å². The molecule has 0 radical (unpaired) electrons. The zero-order valence-corrected chi connectivity index (χ0v) is 13.9. The number of carbonyl (C=O) groups excluding carboxylic acids is 2. The third-order valence-corrected chi connectivity index (χ3v) is 5.69. The molecule has 2 fully saturated rings. The molecular weight excluding hydrogens is 300 g/mol. The summed E-state index contributed by atoms with van der Waals surface area (Å²) in [5.74, 6) is 0.409. The van der Waals surface area contributed by atoms with Crippen molar-refractivity contribution in [3.8, 4) is 0 Å². The summed E-state index contributed by atoms with van der Waals surface area (Å²) in [4.78, 5) is 28.0. The largest absolute Gasteiger partial charge is 0.349 e. The first-order chi connectivity index (χ1) is 10.5. The van der Waals surface area contributed by atoms with Crippen LogP contribution in [-0.4, -0.2) is 58.4 Å². The van der Waals surface area contributed by atoms with E-state index in [-0.39, 0.29) is 23.1 Å². The smallest absolute Gasteiger partial charge is 0.275 e. The molecule has 2 amide bonds. The van der Waals surface area contributed by atoms with Crippen LogP contribution in [0.15, 0.2) is 5.38 Å². The molecule has 2 heterocycles. The Morgan fingerprint density at radius 2 is 2.05 bits per heavy atom. The fraction of sp³-hybridized carbons (Fsp3) is 0.733. The van der Waals surface area contributed by atoms with Crippen LogP contribution < -0.4 is 0 Å². The summed E-state index contributed by atoms with van der Waals surface area (Å²) in [6.07, 6.45) is 5.06. The highest BCUT2D eigenvalue weighted by Crippen LogP contribution is 2.49. The summed E-state index contributed by atoms with van der Waals surface area (Å²) in [6, 6.07) is 0. The normalized spacial score (nSPS) is 23.7. The van der Waals surface area contributed by atoms with E-state index in [0.717, 1.165) is 45.2 Å². The molecule has 22 heavy (non-hydrogen) atoms. The van der Waals surface area contributed by atoms with E-state index in [9.17, 15) is 9.59 Å². The predicted octanol–water partition coefficient (Wildman–Crippen LogP) is 1.65. The van der Waals surface area contributed by atoms with Gasteiger partial charge in [0.1, 0.15) is 0 Å². The highest BCUT2D eigenvalue weighted by molar-refractivity contribution is 7.03. The average molecular weight is 322 g/mol. The van der Waals surface area contributed by atoms with Crippen LogP contribution in [-0.2, 0) is 4.79 Å². The Bertz CT molecular complexity index is 550. The van der Waals surface area contributed by atoms with Crippen molar-refractivity contribution in [2.75, 3.05) is 27.2 Å². The van der Waals surface area contributed by atoms with Crippen molar-refractivity contribution in [2.24, 2.45) is 11.3 Å². The molecule has 6 nitrogen and oxygen atoms in total. The van der Waals surface area contributed by atoms with Crippen molar-refractivity contribution in [3.63, 3.8) is 0 Å². The van der Waals surface area contributed by atoms with Gasteiger partial charge in [-0.25, -0.2) is 0 Å². The van der Waals surface area contributed by atoms with Crippen LogP contribution in [0, 0.1) is 11.3 Å². The lowest BCUT2D eigenvalue weighted by atomic mass is 9.76. The molecule has 1 aromatic rings. The molecule has 1 aromatic heterocycles. The molecule has 1 aliphatic carbocycles. The Labute approximate surface area is 134 Å². The van der Waals surface area contributed by atoms with Gasteiger partial charge < -0.3 is 9.80 Å². The number of aromatic nitrogens is 2. The topological polar surface area (TPSA) is 66.4 Å². The van der Waals surface area contributed by atoms with Crippen molar-refractivity contribution in [1.29, 1.82) is 0 Å². The van der Waals surface area contributed by atoms with Crippen LogP contribution in [0.4, 0.5) is 0 Å². The standard InChI is InChI=1S/C15H22N4O2S/c1-18(2)13(20)11-3-4-15(9-11)5-7-19(8-6-15)14(21)12-10-22-17-16-12/h10-11H,3-9H2,1-2H3. The summed E-state index contributed by atoms with van der Waals surface area (Å²) < 4.78 is 3.76. The SMILES string of the molecule is CN(C)C(=O)C1CCC2(CCN(C(=O)c3csnn3)CC2)C1. The van der Waals surface area contributed by atoms with Gasteiger partial charge in [-0.1, -0.05) is 4.49 Å². The van der Waals surface area contributed by atoms with Gasteiger partial charge in [0.05, 0.1) is 0 Å². The van der Waals surface area contributed by atoms with E-state index in [1.54, 1.807) is 10.3 Å². The first-order valence-electron chi connectivity index (χ1n) is 7.78. The minimum absolute atomic E-state index is 0.0116. The van der Waals surface area contributed by atoms with Gasteiger partial charge in [-0.05, 0) is 49.1 Å². The number of likely N-dealkylation sites (tertiary alicyclic amines) is 1. The number of amides is 2. The molecule has 0 bridgehead atoms. The van der Waals surface area contributed by atoms with E-state index in [1.807, 2.05) is 19.0 Å². The number of hydrogen-bond donors (Lipinski definition) is 0. The second-order valence-corrected chi connectivity index (χ2v) is 7.36. The predicted molar refractivity (Wildman–Crippen MR) is 83.5 cm³/mol. The number of rotatable bonds is 2. The zero-order valence-electron chi connectivity index (χ0n) is 13.1. The average Bonchev–Trinajstić information content (AvgIpc) is 3.17. The lowest BCUT2D eigenvalue weighted by Crippen LogP contribution is -2.42. The van der Waals surface area contributed by atoms with Gasteiger partial charge in [0.25, 0.3) is 5.91 Å². The summed E-state index contributed by atoms with van der Waals surface area (Å²) in [7, 11) is 3.66. The molecule has 0 N–H and O–H groups in total. The summed E-state index contributed by atoms with van der Waals surface area (Å²) in [6.45, 7) is 1.53. The lowest BCUT2D eigenvalue weighted by molar-refractivity contribution is -0.133. The molecule has 3 rings (SSSR count). The van der Waals surface area contributed by atoms with Gasteiger partial charge in [-0.15, -0.1) is 5.10 Å². The number of hydrogen-bond acceptors (Lipinski definition) is 5. The third-order valence-electron chi connectivity index (χ3n) is 5.18. The van der Waals surface area contributed by atoms with Gasteiger partial charge in [0, 0.05) is 38.5 Å². The minimum atomic E-state index is -0.0116. The second-order valence-electron chi connectivity index (χ2n) is 6.75. The van der Waals surface area contributed by atoms with E-state index in [0.29, 0.717) is 5.69 Å². The fourth-order valence-corrected chi connectivity index (χ4v) is 4.27. The monoisotopic (exact) mass is 322 g/mol. The van der Waals surface area contributed by atoms with Gasteiger partial charge in [0.2, 0.25) is 5.91 Å². The van der Waals surface area contributed by atoms with Gasteiger partial charge in [-0.3, -0.25) is 9.59 Å². The van der Waals surface area contributed by atoms with Crippen molar-refractivity contribution in [3.05, 3.63) is 11.1 Å². The summed E-state index contributed by atoms with van der Waals surface area (Å²) in [5.41, 5.74) is 0.709. The molecule has 1 atom stereocenters. The number of piperidine rings is 1. The van der Waals surface area contributed by atoms with Crippen molar-refractivity contribution in [1.82, 2.24) is 19.4 Å². The number of nitrogens with zero attached hydrogens (tertiary/aromatic N) is 4. The maximum atomic E-state index is 12.3. The zero-order chi connectivity index (χ0) is 15.7. The number of carbonyl (C=O) groups is 2. The van der Waals surface area contributed by atoms with Gasteiger partial charge in [0.15, 0.2) is 5.69 Å². The molecule has 1 spiro atoms. The Kier molecular flexibility index (Phi) is 4.16. The molecule has 1 aliphatic heterocycles. The lowest BCUT2D eigenvalue weighted by Gasteiger charge is -2.39. The quantitative estimate of drug-likeness (QED) is 0.830. The first kappa shape index (κ1) is 15.4. The molecule has 0 aromatic carbocycles. The summed E-state index contributed by atoms with van der Waals surface area (Å²) in [5, 5.41) is 5.56. The van der Waals surface area contributed by atoms with Crippen LogP contribution >= 0.6 is 11.5 Å². The van der Waals surface area contributed by atoms with Crippen LogP contribution in [0.25, 0.3) is 0 Å². The Hall–Kier alpha value is -1.50. The maximum absolute atomic E-state index is 12.3. The van der Waals surface area contributed by atoms with Crippen LogP contribution in [0.3, 0.4) is 0 Å². The summed E-state index contributed by atoms with van der Waals surface area (Å²) >= 11 is 1.21. The second kappa shape index (κ2) is 5.95. The third kappa shape index (κ3) is 2.86. The Balaban J connectivity index is 1.58. The molecule has 1 unspecified atom stereocenters. The maximum Gasteiger partial charge on any atom is 0.275 e. The molecular formula is C15H22N4O2S. The van der Waals surface area contributed by atoms with Gasteiger partial charge in [-0.2, -0.15) is 0 Å². The van der Waals surface area contributed by atoms with E-state index in [2.05, 4.69) is 9.59 Å². The van der Waals surface area contributed by atoms with Crippen molar-refractivity contribution < 1.29 is 9.59 Å². The highest BCUT2D eigenvalue weighted by Gasteiger charge is 2.44. The molecule has 120 valence electrons. The Morgan fingerprint density at radius 3 is 2.64 bits per heavy atom.